The molecule has 3 unspecified atom stereocenters. The zero-order valence-corrected chi connectivity index (χ0v) is 11.2. The number of rotatable bonds is 4. The lowest BCUT2D eigenvalue weighted by molar-refractivity contribution is 0.229. The molecule has 0 spiro atoms. The third-order valence-electron chi connectivity index (χ3n) is 4.12. The van der Waals surface area contributed by atoms with Crippen LogP contribution in [0.15, 0.2) is 16.8 Å². The Kier molecular flexibility index (Phi) is 4.42. The normalized spacial score (nSPS) is 30.5. The molecule has 0 aromatic carbocycles. The van der Waals surface area contributed by atoms with Crippen LogP contribution in [0.1, 0.15) is 44.1 Å². The van der Waals surface area contributed by atoms with Gasteiger partial charge < -0.3 is 5.32 Å². The van der Waals surface area contributed by atoms with Crippen LogP contribution in [0.3, 0.4) is 0 Å². The van der Waals surface area contributed by atoms with Gasteiger partial charge >= 0.3 is 0 Å². The van der Waals surface area contributed by atoms with Gasteiger partial charge in [-0.2, -0.15) is 11.3 Å². The first kappa shape index (κ1) is 12.1. The van der Waals surface area contributed by atoms with E-state index in [0.717, 1.165) is 17.8 Å². The first-order valence-electron chi connectivity index (χ1n) is 6.51. The minimum atomic E-state index is 0.803. The first-order valence-corrected chi connectivity index (χ1v) is 7.46. The summed E-state index contributed by atoms with van der Waals surface area (Å²) < 4.78 is 0. The van der Waals surface area contributed by atoms with Crippen molar-refractivity contribution in [1.29, 1.82) is 0 Å². The Hall–Kier alpha value is -0.340. The maximum atomic E-state index is 3.37. The third-order valence-corrected chi connectivity index (χ3v) is 4.82. The number of nitrogens with one attached hydrogen (secondary N) is 1. The van der Waals surface area contributed by atoms with Gasteiger partial charge in [-0.25, -0.2) is 0 Å². The van der Waals surface area contributed by atoms with E-state index in [4.69, 9.17) is 0 Å². The molecule has 1 saturated carbocycles. The second-order valence-corrected chi connectivity index (χ2v) is 5.85. The zero-order chi connectivity index (χ0) is 11.4. The van der Waals surface area contributed by atoms with Gasteiger partial charge in [-0.15, -0.1) is 0 Å². The molecule has 1 aromatic rings. The molecule has 1 nitrogen and oxygen atoms in total. The van der Waals surface area contributed by atoms with E-state index in [-0.39, 0.29) is 0 Å². The minimum absolute atomic E-state index is 0.803. The molecule has 0 saturated heterocycles. The van der Waals surface area contributed by atoms with E-state index in [1.807, 2.05) is 11.3 Å². The molecule has 2 heteroatoms. The summed E-state index contributed by atoms with van der Waals surface area (Å²) in [6.07, 6.45) is 5.59. The lowest BCUT2D eigenvalue weighted by atomic mass is 9.71. The summed E-state index contributed by atoms with van der Waals surface area (Å²) in [5, 5.41) is 7.94. The highest BCUT2D eigenvalue weighted by Gasteiger charge is 2.30. The van der Waals surface area contributed by atoms with Crippen molar-refractivity contribution in [3.63, 3.8) is 0 Å². The Morgan fingerprint density at radius 2 is 2.31 bits per heavy atom. The summed E-state index contributed by atoms with van der Waals surface area (Å²) in [4.78, 5) is 0. The van der Waals surface area contributed by atoms with E-state index < -0.39 is 0 Å². The molecule has 1 aromatic heterocycles. The molecule has 1 fully saturated rings. The largest absolute Gasteiger partial charge is 0.319 e. The van der Waals surface area contributed by atoms with Gasteiger partial charge in [0.15, 0.2) is 0 Å². The van der Waals surface area contributed by atoms with Gasteiger partial charge in [0.1, 0.15) is 0 Å². The van der Waals surface area contributed by atoms with Gasteiger partial charge in [-0.05, 0) is 66.6 Å². The van der Waals surface area contributed by atoms with E-state index in [2.05, 4.69) is 36.1 Å². The van der Waals surface area contributed by atoms with Crippen LogP contribution in [-0.2, 0) is 0 Å². The van der Waals surface area contributed by atoms with Crippen LogP contribution in [0.4, 0.5) is 0 Å². The van der Waals surface area contributed by atoms with Crippen molar-refractivity contribution in [2.24, 2.45) is 11.8 Å². The fourth-order valence-corrected chi connectivity index (χ4v) is 3.82. The highest BCUT2D eigenvalue weighted by atomic mass is 32.1. The Bertz CT molecular complexity index is 294. The lowest BCUT2D eigenvalue weighted by Gasteiger charge is -2.35. The zero-order valence-electron chi connectivity index (χ0n) is 10.4. The van der Waals surface area contributed by atoms with Crippen LogP contribution < -0.4 is 5.32 Å². The smallest absolute Gasteiger partial charge is 0.00177 e. The van der Waals surface area contributed by atoms with Gasteiger partial charge in [0.25, 0.3) is 0 Å². The monoisotopic (exact) mass is 237 g/mol. The number of thiophene rings is 1. The van der Waals surface area contributed by atoms with Crippen LogP contribution in [0, 0.1) is 11.8 Å². The highest BCUT2D eigenvalue weighted by molar-refractivity contribution is 7.07. The summed E-state index contributed by atoms with van der Waals surface area (Å²) in [6, 6.07) is 2.33. The van der Waals surface area contributed by atoms with Crippen LogP contribution in [0.2, 0.25) is 0 Å². The Morgan fingerprint density at radius 3 is 2.94 bits per heavy atom. The van der Waals surface area contributed by atoms with Crippen LogP contribution >= 0.6 is 11.3 Å². The number of hydrogen-bond acceptors (Lipinski definition) is 2. The molecule has 1 heterocycles. The summed E-state index contributed by atoms with van der Waals surface area (Å²) in [5.74, 6) is 2.61. The summed E-state index contributed by atoms with van der Waals surface area (Å²) in [5.41, 5.74) is 1.59. The molecular formula is C14H23NS. The van der Waals surface area contributed by atoms with Crippen molar-refractivity contribution < 1.29 is 0 Å². The molecule has 0 bridgehead atoms. The van der Waals surface area contributed by atoms with Crippen molar-refractivity contribution in [3.8, 4) is 0 Å². The molecule has 0 amide bonds. The molecule has 2 rings (SSSR count). The SMILES string of the molecule is CCC1CCC(CNC)C(c2ccsc2)C1. The summed E-state index contributed by atoms with van der Waals surface area (Å²) in [6.45, 7) is 3.52. The van der Waals surface area contributed by atoms with Crippen LogP contribution in [0.25, 0.3) is 0 Å². The quantitative estimate of drug-likeness (QED) is 0.838. The molecule has 3 atom stereocenters. The van der Waals surface area contributed by atoms with Gasteiger partial charge in [0.05, 0.1) is 0 Å². The van der Waals surface area contributed by atoms with E-state index in [9.17, 15) is 0 Å². The topological polar surface area (TPSA) is 12.0 Å². The Balaban J connectivity index is 2.08. The molecule has 1 aliphatic carbocycles. The van der Waals surface area contributed by atoms with E-state index in [1.54, 1.807) is 5.56 Å². The second kappa shape index (κ2) is 5.83. The predicted molar refractivity (Wildman–Crippen MR) is 72.1 cm³/mol. The average Bonchev–Trinajstić information content (AvgIpc) is 2.83. The number of hydrogen-bond donors (Lipinski definition) is 1. The molecule has 1 N–H and O–H groups in total. The minimum Gasteiger partial charge on any atom is -0.319 e. The van der Waals surface area contributed by atoms with E-state index >= 15 is 0 Å². The predicted octanol–water partition coefficient (Wildman–Crippen LogP) is 3.88. The Labute approximate surface area is 103 Å². The molecular weight excluding hydrogens is 214 g/mol. The second-order valence-electron chi connectivity index (χ2n) is 5.07. The lowest BCUT2D eigenvalue weighted by Crippen LogP contribution is -2.30. The summed E-state index contributed by atoms with van der Waals surface area (Å²) >= 11 is 1.84. The van der Waals surface area contributed by atoms with Crippen molar-refractivity contribution in [2.75, 3.05) is 13.6 Å². The molecule has 90 valence electrons. The van der Waals surface area contributed by atoms with Gasteiger partial charge in [-0.3, -0.25) is 0 Å². The summed E-state index contributed by atoms with van der Waals surface area (Å²) in [7, 11) is 2.08. The highest BCUT2D eigenvalue weighted by Crippen LogP contribution is 2.41. The fraction of sp³-hybridized carbons (Fsp3) is 0.714. The molecule has 1 aliphatic rings. The average molecular weight is 237 g/mol. The molecule has 16 heavy (non-hydrogen) atoms. The van der Waals surface area contributed by atoms with Gasteiger partial charge in [0, 0.05) is 0 Å². The van der Waals surface area contributed by atoms with Crippen molar-refractivity contribution >= 4 is 11.3 Å². The van der Waals surface area contributed by atoms with E-state index in [0.29, 0.717) is 0 Å². The standard InChI is InChI=1S/C14H23NS/c1-3-11-4-5-12(9-15-2)14(8-11)13-6-7-16-10-13/h6-7,10-12,14-15H,3-5,8-9H2,1-2H3. The maximum absolute atomic E-state index is 3.37. The van der Waals surface area contributed by atoms with Crippen molar-refractivity contribution in [2.45, 2.75) is 38.5 Å². The van der Waals surface area contributed by atoms with E-state index in [1.165, 1.54) is 32.2 Å². The van der Waals surface area contributed by atoms with Gasteiger partial charge in [-0.1, -0.05) is 19.8 Å². The fourth-order valence-electron chi connectivity index (χ4n) is 3.09. The van der Waals surface area contributed by atoms with Crippen LogP contribution in [-0.4, -0.2) is 13.6 Å². The van der Waals surface area contributed by atoms with Crippen LogP contribution in [0.5, 0.6) is 0 Å². The molecule has 0 aliphatic heterocycles. The Morgan fingerprint density at radius 1 is 1.44 bits per heavy atom. The van der Waals surface area contributed by atoms with Gasteiger partial charge in [0.2, 0.25) is 0 Å². The third kappa shape index (κ3) is 2.67. The molecule has 0 radical (unpaired) electrons. The maximum Gasteiger partial charge on any atom is -0.00177 e. The van der Waals surface area contributed by atoms with Crippen molar-refractivity contribution in [3.05, 3.63) is 22.4 Å². The van der Waals surface area contributed by atoms with Crippen molar-refractivity contribution in [1.82, 2.24) is 5.32 Å². The first-order chi connectivity index (χ1) is 7.85.